The molecule has 0 N–H and O–H groups in total. The van der Waals surface area contributed by atoms with Crippen LogP contribution in [0.5, 0.6) is 0 Å². The molecule has 0 radical (unpaired) electrons. The molecule has 0 aliphatic carbocycles. The highest BCUT2D eigenvalue weighted by atomic mass is 16.2. The van der Waals surface area contributed by atoms with Crippen LogP contribution in [-0.2, 0) is 4.79 Å². The molecule has 2 rings (SSSR count). The monoisotopic (exact) mass is 187 g/mol. The van der Waals surface area contributed by atoms with Crippen molar-refractivity contribution < 1.29 is 4.79 Å². The number of rotatable bonds is 1. The Hall–Kier alpha value is -1.57. The minimum atomic E-state index is 0.182. The fraction of sp³-hybridized carbons (Fsp3) is 0.250. The van der Waals surface area contributed by atoms with Crippen molar-refractivity contribution in [3.05, 3.63) is 42.1 Å². The van der Waals surface area contributed by atoms with Gasteiger partial charge in [0.05, 0.1) is 5.69 Å². The van der Waals surface area contributed by atoms with Gasteiger partial charge in [-0.2, -0.15) is 0 Å². The highest BCUT2D eigenvalue weighted by molar-refractivity contribution is 5.96. The second-order valence-electron chi connectivity index (χ2n) is 3.47. The summed E-state index contributed by atoms with van der Waals surface area (Å²) in [4.78, 5) is 13.4. The second kappa shape index (κ2) is 3.66. The van der Waals surface area contributed by atoms with E-state index in [1.807, 2.05) is 43.5 Å². The number of anilines is 1. The lowest BCUT2D eigenvalue weighted by molar-refractivity contribution is -0.118. The van der Waals surface area contributed by atoms with E-state index >= 15 is 0 Å². The Bertz CT molecular complexity index is 382. The fourth-order valence-corrected chi connectivity index (χ4v) is 1.64. The average molecular weight is 187 g/mol. The number of allylic oxidation sites excluding steroid dienone is 1. The van der Waals surface area contributed by atoms with E-state index in [0.717, 1.165) is 17.7 Å². The minimum Gasteiger partial charge on any atom is -0.288 e. The number of benzene rings is 1. The van der Waals surface area contributed by atoms with Gasteiger partial charge in [-0.1, -0.05) is 24.3 Å². The van der Waals surface area contributed by atoms with E-state index in [1.165, 1.54) is 0 Å². The molecule has 0 unspecified atom stereocenters. The van der Waals surface area contributed by atoms with Gasteiger partial charge in [-0.25, -0.2) is 0 Å². The quantitative estimate of drug-likeness (QED) is 0.661. The Kier molecular flexibility index (Phi) is 2.35. The Balaban J connectivity index is 2.39. The maximum atomic E-state index is 11.6. The van der Waals surface area contributed by atoms with Gasteiger partial charge in [0.15, 0.2) is 0 Å². The van der Waals surface area contributed by atoms with Gasteiger partial charge < -0.3 is 0 Å². The van der Waals surface area contributed by atoms with Crippen molar-refractivity contribution in [3.63, 3.8) is 0 Å². The largest absolute Gasteiger partial charge is 0.288 e. The van der Waals surface area contributed by atoms with Crippen molar-refractivity contribution in [2.75, 3.05) is 4.90 Å². The summed E-state index contributed by atoms with van der Waals surface area (Å²) in [6, 6.07) is 7.93. The molecule has 1 aromatic carbocycles. The summed E-state index contributed by atoms with van der Waals surface area (Å²) in [5.41, 5.74) is 2.13. The predicted molar refractivity (Wildman–Crippen MR) is 57.0 cm³/mol. The number of aryl methyl sites for hydroxylation is 1. The first-order chi connectivity index (χ1) is 6.79. The molecule has 1 amide bonds. The molecule has 0 aromatic heterocycles. The van der Waals surface area contributed by atoms with Crippen LogP contribution in [0.15, 0.2) is 36.5 Å². The zero-order valence-corrected chi connectivity index (χ0v) is 8.23. The second-order valence-corrected chi connectivity index (χ2v) is 3.47. The molecule has 2 heteroatoms. The molecule has 0 saturated carbocycles. The number of nitrogens with zero attached hydrogens (tertiary/aromatic N) is 1. The molecule has 72 valence electrons. The molecule has 14 heavy (non-hydrogen) atoms. The molecule has 0 saturated heterocycles. The SMILES string of the molecule is Cc1ccccc1N1C=CCCC1=O. The van der Waals surface area contributed by atoms with Gasteiger partial charge in [0, 0.05) is 12.6 Å². The number of amides is 1. The first-order valence-corrected chi connectivity index (χ1v) is 4.83. The third kappa shape index (κ3) is 1.55. The topological polar surface area (TPSA) is 20.3 Å². The molecule has 1 aliphatic heterocycles. The Labute approximate surface area is 83.8 Å². The summed E-state index contributed by atoms with van der Waals surface area (Å²) in [6.45, 7) is 2.02. The maximum Gasteiger partial charge on any atom is 0.231 e. The number of hydrogen-bond acceptors (Lipinski definition) is 1. The molecular weight excluding hydrogens is 174 g/mol. The summed E-state index contributed by atoms with van der Waals surface area (Å²) in [7, 11) is 0. The summed E-state index contributed by atoms with van der Waals surface area (Å²) in [5.74, 6) is 0.182. The van der Waals surface area contributed by atoms with Crippen molar-refractivity contribution in [1.82, 2.24) is 0 Å². The Morgan fingerprint density at radius 1 is 1.29 bits per heavy atom. The third-order valence-corrected chi connectivity index (χ3v) is 2.42. The molecule has 0 bridgehead atoms. The van der Waals surface area contributed by atoms with Gasteiger partial charge in [-0.05, 0) is 25.0 Å². The number of carbonyl (C=O) groups excluding carboxylic acids is 1. The van der Waals surface area contributed by atoms with Crippen LogP contribution in [0.25, 0.3) is 0 Å². The molecule has 2 nitrogen and oxygen atoms in total. The zero-order valence-electron chi connectivity index (χ0n) is 8.23. The maximum absolute atomic E-state index is 11.6. The number of carbonyl (C=O) groups is 1. The smallest absolute Gasteiger partial charge is 0.231 e. The van der Waals surface area contributed by atoms with Crippen LogP contribution < -0.4 is 4.90 Å². The van der Waals surface area contributed by atoms with Crippen molar-refractivity contribution in [3.8, 4) is 0 Å². The highest BCUT2D eigenvalue weighted by Gasteiger charge is 2.16. The van der Waals surface area contributed by atoms with Gasteiger partial charge in [-0.15, -0.1) is 0 Å². The molecular formula is C12H13NO. The van der Waals surface area contributed by atoms with Crippen LogP contribution in [0.2, 0.25) is 0 Å². The average Bonchev–Trinajstić information content (AvgIpc) is 2.20. The molecule has 0 spiro atoms. The minimum absolute atomic E-state index is 0.182. The van der Waals surface area contributed by atoms with Crippen LogP contribution in [0.4, 0.5) is 5.69 Å². The van der Waals surface area contributed by atoms with Crippen LogP contribution >= 0.6 is 0 Å². The lowest BCUT2D eigenvalue weighted by Gasteiger charge is -2.23. The third-order valence-electron chi connectivity index (χ3n) is 2.42. The predicted octanol–water partition coefficient (Wildman–Crippen LogP) is 2.64. The van der Waals surface area contributed by atoms with E-state index in [2.05, 4.69) is 0 Å². The van der Waals surface area contributed by atoms with E-state index < -0.39 is 0 Å². The first kappa shape index (κ1) is 9.00. The lowest BCUT2D eigenvalue weighted by Crippen LogP contribution is -2.27. The van der Waals surface area contributed by atoms with Crippen LogP contribution in [0, 0.1) is 6.92 Å². The Morgan fingerprint density at radius 2 is 2.07 bits per heavy atom. The first-order valence-electron chi connectivity index (χ1n) is 4.83. The number of hydrogen-bond donors (Lipinski definition) is 0. The Morgan fingerprint density at radius 3 is 2.79 bits per heavy atom. The van der Waals surface area contributed by atoms with E-state index in [0.29, 0.717) is 6.42 Å². The summed E-state index contributed by atoms with van der Waals surface area (Å²) in [6.07, 6.45) is 5.38. The molecule has 0 fully saturated rings. The van der Waals surface area contributed by atoms with Gasteiger partial charge in [-0.3, -0.25) is 9.69 Å². The van der Waals surface area contributed by atoms with Gasteiger partial charge in [0.1, 0.15) is 0 Å². The molecule has 1 heterocycles. The summed E-state index contributed by atoms with van der Waals surface area (Å²) >= 11 is 0. The van der Waals surface area contributed by atoms with Crippen molar-refractivity contribution in [1.29, 1.82) is 0 Å². The van der Waals surface area contributed by atoms with E-state index in [-0.39, 0.29) is 5.91 Å². The lowest BCUT2D eigenvalue weighted by atomic mass is 10.1. The van der Waals surface area contributed by atoms with Gasteiger partial charge >= 0.3 is 0 Å². The van der Waals surface area contributed by atoms with Gasteiger partial charge in [0.2, 0.25) is 5.91 Å². The van der Waals surface area contributed by atoms with Crippen molar-refractivity contribution in [2.45, 2.75) is 19.8 Å². The summed E-state index contributed by atoms with van der Waals surface area (Å²) < 4.78 is 0. The molecule has 0 atom stereocenters. The zero-order chi connectivity index (χ0) is 9.97. The van der Waals surface area contributed by atoms with E-state index in [9.17, 15) is 4.79 Å². The van der Waals surface area contributed by atoms with Crippen LogP contribution in [0.3, 0.4) is 0 Å². The van der Waals surface area contributed by atoms with E-state index in [4.69, 9.17) is 0 Å². The number of para-hydroxylation sites is 1. The molecule has 1 aliphatic rings. The van der Waals surface area contributed by atoms with E-state index in [1.54, 1.807) is 4.90 Å². The standard InChI is InChI=1S/C12H13NO/c1-10-6-2-3-7-11(10)13-9-5-4-8-12(13)14/h2-3,5-7,9H,4,8H2,1H3. The summed E-state index contributed by atoms with van der Waals surface area (Å²) in [5, 5.41) is 0. The van der Waals surface area contributed by atoms with Crippen LogP contribution in [-0.4, -0.2) is 5.91 Å². The normalized spacial score (nSPS) is 16.1. The van der Waals surface area contributed by atoms with Crippen molar-refractivity contribution in [2.24, 2.45) is 0 Å². The fourth-order valence-electron chi connectivity index (χ4n) is 1.64. The van der Waals surface area contributed by atoms with Crippen LogP contribution in [0.1, 0.15) is 18.4 Å². The highest BCUT2D eigenvalue weighted by Crippen LogP contribution is 2.23. The van der Waals surface area contributed by atoms with Crippen molar-refractivity contribution >= 4 is 11.6 Å². The molecule has 1 aromatic rings. The van der Waals surface area contributed by atoms with Gasteiger partial charge in [0.25, 0.3) is 0 Å².